The van der Waals surface area contributed by atoms with Gasteiger partial charge in [-0.2, -0.15) is 0 Å². The number of aliphatic carboxylic acids is 1. The van der Waals surface area contributed by atoms with Gasteiger partial charge in [0.25, 0.3) is 0 Å². The van der Waals surface area contributed by atoms with Crippen LogP contribution in [-0.2, 0) is 4.79 Å². The fraction of sp³-hybridized carbons (Fsp3) is 0.875. The summed E-state index contributed by atoms with van der Waals surface area (Å²) in [6.45, 7) is 3.90. The van der Waals surface area contributed by atoms with Gasteiger partial charge in [0.2, 0.25) is 0 Å². The van der Waals surface area contributed by atoms with Crippen LogP contribution in [0.2, 0.25) is 0 Å². The summed E-state index contributed by atoms with van der Waals surface area (Å²) in [5.74, 6) is -0.225. The van der Waals surface area contributed by atoms with Crippen molar-refractivity contribution in [2.45, 2.75) is 13.3 Å². The predicted octanol–water partition coefficient (Wildman–Crippen LogP) is 0.317. The third-order valence-electron chi connectivity index (χ3n) is 3.39. The van der Waals surface area contributed by atoms with Gasteiger partial charge in [-0.15, -0.1) is 0 Å². The summed E-state index contributed by atoms with van der Waals surface area (Å²) in [4.78, 5) is 10.7. The third kappa shape index (κ3) is 0.692. The number of rotatable bonds is 2. The first kappa shape index (κ1) is 7.10. The standard InChI is InChI=1S/C8H13NO2/c1-2-8-4-9-3-5(8)6(8)7(10)11/h5-6,9H,2-4H2,1H3,(H,10,11). The summed E-state index contributed by atoms with van der Waals surface area (Å²) in [7, 11) is 0. The van der Waals surface area contributed by atoms with E-state index in [1.807, 2.05) is 0 Å². The molecule has 0 bridgehead atoms. The summed E-state index contributed by atoms with van der Waals surface area (Å²) >= 11 is 0. The molecule has 1 saturated heterocycles. The Labute approximate surface area is 65.8 Å². The van der Waals surface area contributed by atoms with Crippen LogP contribution < -0.4 is 5.32 Å². The third-order valence-corrected chi connectivity index (χ3v) is 3.39. The number of hydrogen-bond acceptors (Lipinski definition) is 2. The van der Waals surface area contributed by atoms with E-state index in [2.05, 4.69) is 12.2 Å². The molecule has 1 aliphatic heterocycles. The molecule has 3 nitrogen and oxygen atoms in total. The van der Waals surface area contributed by atoms with Crippen LogP contribution in [0.25, 0.3) is 0 Å². The van der Waals surface area contributed by atoms with Gasteiger partial charge in [0.05, 0.1) is 5.92 Å². The Morgan fingerprint density at radius 3 is 2.91 bits per heavy atom. The molecule has 0 aromatic carbocycles. The molecule has 2 rings (SSSR count). The molecule has 0 spiro atoms. The molecular weight excluding hydrogens is 142 g/mol. The fourth-order valence-electron chi connectivity index (χ4n) is 2.63. The molecule has 0 aromatic rings. The highest BCUT2D eigenvalue weighted by molar-refractivity contribution is 5.76. The lowest BCUT2D eigenvalue weighted by Crippen LogP contribution is -2.23. The normalized spacial score (nSPS) is 47.0. The maximum Gasteiger partial charge on any atom is 0.307 e. The average molecular weight is 155 g/mol. The first-order valence-electron chi connectivity index (χ1n) is 4.16. The molecule has 1 aliphatic carbocycles. The van der Waals surface area contributed by atoms with Crippen LogP contribution in [0, 0.1) is 17.3 Å². The molecule has 0 aromatic heterocycles. The molecular formula is C8H13NO2. The van der Waals surface area contributed by atoms with E-state index < -0.39 is 5.97 Å². The van der Waals surface area contributed by atoms with Crippen molar-refractivity contribution in [2.75, 3.05) is 13.1 Å². The van der Waals surface area contributed by atoms with E-state index in [0.29, 0.717) is 5.92 Å². The highest BCUT2D eigenvalue weighted by Gasteiger charge is 2.69. The zero-order valence-electron chi connectivity index (χ0n) is 6.63. The number of carboxylic acid groups (broad SMARTS) is 1. The van der Waals surface area contributed by atoms with Crippen molar-refractivity contribution < 1.29 is 9.90 Å². The average Bonchev–Trinajstić information content (AvgIpc) is 2.44. The summed E-state index contributed by atoms with van der Waals surface area (Å²) in [6, 6.07) is 0. The van der Waals surface area contributed by atoms with Gasteiger partial charge in [-0.3, -0.25) is 4.79 Å². The van der Waals surface area contributed by atoms with E-state index in [1.54, 1.807) is 0 Å². The van der Waals surface area contributed by atoms with Gasteiger partial charge in [0.15, 0.2) is 0 Å². The van der Waals surface area contributed by atoms with E-state index >= 15 is 0 Å². The first-order chi connectivity index (χ1) is 5.22. The summed E-state index contributed by atoms with van der Waals surface area (Å²) in [5.41, 5.74) is 0.131. The Kier molecular flexibility index (Phi) is 1.27. The minimum atomic E-state index is -0.599. The summed E-state index contributed by atoms with van der Waals surface area (Å²) in [6.07, 6.45) is 1.00. The smallest absolute Gasteiger partial charge is 0.307 e. The van der Waals surface area contributed by atoms with Gasteiger partial charge < -0.3 is 10.4 Å². The zero-order chi connectivity index (χ0) is 8.06. The van der Waals surface area contributed by atoms with Crippen molar-refractivity contribution in [2.24, 2.45) is 17.3 Å². The van der Waals surface area contributed by atoms with Gasteiger partial charge in [0, 0.05) is 12.0 Å². The minimum Gasteiger partial charge on any atom is -0.481 e. The quantitative estimate of drug-likeness (QED) is 0.603. The molecule has 3 unspecified atom stereocenters. The van der Waals surface area contributed by atoms with Gasteiger partial charge in [-0.25, -0.2) is 0 Å². The van der Waals surface area contributed by atoms with Crippen molar-refractivity contribution in [3.63, 3.8) is 0 Å². The van der Waals surface area contributed by atoms with E-state index in [1.165, 1.54) is 0 Å². The van der Waals surface area contributed by atoms with Crippen LogP contribution in [0.4, 0.5) is 0 Å². The molecule has 11 heavy (non-hydrogen) atoms. The van der Waals surface area contributed by atoms with E-state index in [0.717, 1.165) is 19.5 Å². The molecule has 2 aliphatic rings. The maximum atomic E-state index is 10.7. The van der Waals surface area contributed by atoms with E-state index in [-0.39, 0.29) is 11.3 Å². The lowest BCUT2D eigenvalue weighted by atomic mass is 10.0. The van der Waals surface area contributed by atoms with Gasteiger partial charge >= 0.3 is 5.97 Å². The second kappa shape index (κ2) is 1.97. The van der Waals surface area contributed by atoms with Crippen LogP contribution in [0.1, 0.15) is 13.3 Å². The largest absolute Gasteiger partial charge is 0.481 e. The lowest BCUT2D eigenvalue weighted by Gasteiger charge is -2.08. The number of nitrogens with one attached hydrogen (secondary N) is 1. The van der Waals surface area contributed by atoms with E-state index in [4.69, 9.17) is 5.11 Å². The maximum absolute atomic E-state index is 10.7. The molecule has 2 N–H and O–H groups in total. The zero-order valence-corrected chi connectivity index (χ0v) is 6.63. The molecule has 3 heteroatoms. The minimum absolute atomic E-state index is 0.0475. The van der Waals surface area contributed by atoms with Crippen molar-refractivity contribution in [3.05, 3.63) is 0 Å². The van der Waals surface area contributed by atoms with Crippen molar-refractivity contribution >= 4 is 5.97 Å². The number of piperidine rings is 1. The van der Waals surface area contributed by atoms with Crippen LogP contribution in [0.3, 0.4) is 0 Å². The van der Waals surface area contributed by atoms with Gasteiger partial charge in [-0.1, -0.05) is 6.92 Å². The van der Waals surface area contributed by atoms with Gasteiger partial charge in [0.1, 0.15) is 0 Å². The molecule has 1 heterocycles. The highest BCUT2D eigenvalue weighted by atomic mass is 16.4. The number of carboxylic acids is 1. The Morgan fingerprint density at radius 2 is 2.55 bits per heavy atom. The second-order valence-electron chi connectivity index (χ2n) is 3.64. The molecule has 1 saturated carbocycles. The van der Waals surface area contributed by atoms with Crippen molar-refractivity contribution in [3.8, 4) is 0 Å². The SMILES string of the molecule is CCC12CNCC1C2C(=O)O. The first-order valence-corrected chi connectivity index (χ1v) is 4.16. The van der Waals surface area contributed by atoms with Crippen LogP contribution in [0.5, 0.6) is 0 Å². The molecule has 0 amide bonds. The summed E-state index contributed by atoms with van der Waals surface area (Å²) < 4.78 is 0. The number of fused-ring (bicyclic) bond motifs is 1. The second-order valence-corrected chi connectivity index (χ2v) is 3.64. The van der Waals surface area contributed by atoms with Gasteiger partial charge in [-0.05, 0) is 18.9 Å². The number of carbonyl (C=O) groups is 1. The predicted molar refractivity (Wildman–Crippen MR) is 40.2 cm³/mol. The van der Waals surface area contributed by atoms with Crippen LogP contribution >= 0.6 is 0 Å². The van der Waals surface area contributed by atoms with Crippen molar-refractivity contribution in [1.82, 2.24) is 5.32 Å². The Hall–Kier alpha value is -0.570. The molecule has 0 radical (unpaired) electrons. The molecule has 3 atom stereocenters. The molecule has 2 fully saturated rings. The monoisotopic (exact) mass is 155 g/mol. The van der Waals surface area contributed by atoms with Crippen molar-refractivity contribution in [1.29, 1.82) is 0 Å². The highest BCUT2D eigenvalue weighted by Crippen LogP contribution is 2.62. The molecule has 62 valence electrons. The fourth-order valence-corrected chi connectivity index (χ4v) is 2.63. The van der Waals surface area contributed by atoms with Crippen LogP contribution in [0.15, 0.2) is 0 Å². The Bertz CT molecular complexity index is 204. The van der Waals surface area contributed by atoms with E-state index in [9.17, 15) is 4.79 Å². The Balaban J connectivity index is 2.15. The van der Waals surface area contributed by atoms with Crippen LogP contribution in [-0.4, -0.2) is 24.2 Å². The summed E-state index contributed by atoms with van der Waals surface area (Å²) in [5, 5.41) is 12.1. The Morgan fingerprint density at radius 1 is 1.82 bits per heavy atom. The lowest BCUT2D eigenvalue weighted by molar-refractivity contribution is -0.139. The topological polar surface area (TPSA) is 49.3 Å². The number of hydrogen-bond donors (Lipinski definition) is 2.